The van der Waals surface area contributed by atoms with Gasteiger partial charge in [-0.05, 0) is 35.7 Å². The van der Waals surface area contributed by atoms with E-state index in [4.69, 9.17) is 10.5 Å². The first-order valence-electron chi connectivity index (χ1n) is 6.20. The Morgan fingerprint density at radius 1 is 1.30 bits per heavy atom. The third-order valence-corrected chi connectivity index (χ3v) is 3.32. The number of nitrogens with zero attached hydrogens (tertiary/aromatic N) is 1. The summed E-state index contributed by atoms with van der Waals surface area (Å²) in [6.07, 6.45) is 1.41. The van der Waals surface area contributed by atoms with Gasteiger partial charge in [0.2, 0.25) is 11.8 Å². The van der Waals surface area contributed by atoms with Gasteiger partial charge in [0.1, 0.15) is 5.75 Å². The zero-order chi connectivity index (χ0) is 14.7. The van der Waals surface area contributed by atoms with Gasteiger partial charge in [-0.15, -0.1) is 0 Å². The molecule has 0 saturated heterocycles. The molecule has 1 amide bonds. The molecule has 5 heteroatoms. The Labute approximate surface area is 126 Å². The Morgan fingerprint density at radius 2 is 2.05 bits per heavy atom. The lowest BCUT2D eigenvalue weighted by molar-refractivity contribution is 0.1000. The monoisotopic (exact) mass is 334 g/mol. The molecule has 0 radical (unpaired) electrons. The van der Waals surface area contributed by atoms with Gasteiger partial charge in [-0.3, -0.25) is 4.79 Å². The third-order valence-electron chi connectivity index (χ3n) is 2.83. The van der Waals surface area contributed by atoms with E-state index in [0.717, 1.165) is 15.8 Å². The first-order chi connectivity index (χ1) is 9.47. The van der Waals surface area contributed by atoms with Crippen LogP contribution in [0.2, 0.25) is 0 Å². The van der Waals surface area contributed by atoms with Crippen molar-refractivity contribution in [2.75, 3.05) is 0 Å². The molecule has 104 valence electrons. The van der Waals surface area contributed by atoms with Crippen LogP contribution in [0.15, 0.2) is 41.0 Å². The molecule has 20 heavy (non-hydrogen) atoms. The number of pyridine rings is 1. The Kier molecular flexibility index (Phi) is 4.39. The lowest BCUT2D eigenvalue weighted by Crippen LogP contribution is -2.10. The van der Waals surface area contributed by atoms with Crippen LogP contribution in [0.25, 0.3) is 0 Å². The second kappa shape index (κ2) is 6.05. The van der Waals surface area contributed by atoms with Crippen molar-refractivity contribution >= 4 is 21.8 Å². The van der Waals surface area contributed by atoms with E-state index in [1.54, 1.807) is 12.1 Å². The van der Waals surface area contributed by atoms with E-state index in [2.05, 4.69) is 34.8 Å². The van der Waals surface area contributed by atoms with Crippen LogP contribution in [-0.2, 0) is 0 Å². The summed E-state index contributed by atoms with van der Waals surface area (Å²) in [5.74, 6) is 1.00. The number of rotatable bonds is 4. The number of ether oxygens (including phenoxy) is 1. The van der Waals surface area contributed by atoms with Crippen molar-refractivity contribution < 1.29 is 9.53 Å². The fourth-order valence-corrected chi connectivity index (χ4v) is 2.14. The average Bonchev–Trinajstić information content (AvgIpc) is 2.41. The molecule has 0 aliphatic rings. The van der Waals surface area contributed by atoms with Gasteiger partial charge >= 0.3 is 0 Å². The molecule has 2 aromatic rings. The van der Waals surface area contributed by atoms with Crippen molar-refractivity contribution in [3.8, 4) is 11.6 Å². The third kappa shape index (κ3) is 3.36. The summed E-state index contributed by atoms with van der Waals surface area (Å²) in [5.41, 5.74) is 6.61. The predicted octanol–water partition coefficient (Wildman–Crippen LogP) is 3.86. The minimum Gasteiger partial charge on any atom is -0.439 e. The average molecular weight is 335 g/mol. The van der Waals surface area contributed by atoms with Gasteiger partial charge in [-0.2, -0.15) is 0 Å². The highest BCUT2D eigenvalue weighted by atomic mass is 79.9. The lowest BCUT2D eigenvalue weighted by atomic mass is 10.0. The van der Waals surface area contributed by atoms with E-state index >= 15 is 0 Å². The summed E-state index contributed by atoms with van der Waals surface area (Å²) >= 11 is 3.45. The first kappa shape index (κ1) is 14.5. The smallest absolute Gasteiger partial charge is 0.250 e. The Morgan fingerprint density at radius 3 is 2.60 bits per heavy atom. The summed E-state index contributed by atoms with van der Waals surface area (Å²) in [6, 6.07) is 9.06. The second-order valence-corrected chi connectivity index (χ2v) is 5.60. The molecule has 2 N–H and O–H groups in total. The maximum Gasteiger partial charge on any atom is 0.250 e. The van der Waals surface area contributed by atoms with Crippen LogP contribution in [-0.4, -0.2) is 10.9 Å². The summed E-state index contributed by atoms with van der Waals surface area (Å²) in [7, 11) is 0. The van der Waals surface area contributed by atoms with Crippen molar-refractivity contribution in [2.45, 2.75) is 19.8 Å². The van der Waals surface area contributed by atoms with Gasteiger partial charge in [0, 0.05) is 16.7 Å². The molecule has 2 rings (SSSR count). The summed E-state index contributed by atoms with van der Waals surface area (Å²) in [4.78, 5) is 15.1. The molecule has 1 aromatic heterocycles. The van der Waals surface area contributed by atoms with Gasteiger partial charge in [-0.25, -0.2) is 4.98 Å². The predicted molar refractivity (Wildman–Crippen MR) is 81.1 cm³/mol. The molecule has 0 saturated carbocycles. The summed E-state index contributed by atoms with van der Waals surface area (Å²) in [6.45, 7) is 4.19. The van der Waals surface area contributed by atoms with Crippen LogP contribution >= 0.6 is 15.9 Å². The zero-order valence-electron chi connectivity index (χ0n) is 11.3. The summed E-state index contributed by atoms with van der Waals surface area (Å²) in [5, 5.41) is 0. The van der Waals surface area contributed by atoms with Crippen LogP contribution in [0.3, 0.4) is 0 Å². The minimum atomic E-state index is -0.504. The second-order valence-electron chi connectivity index (χ2n) is 4.69. The van der Waals surface area contributed by atoms with Crippen molar-refractivity contribution in [1.29, 1.82) is 0 Å². The number of hydrogen-bond acceptors (Lipinski definition) is 3. The molecule has 1 aromatic carbocycles. The van der Waals surface area contributed by atoms with Gasteiger partial charge in [0.05, 0.1) is 5.56 Å². The largest absolute Gasteiger partial charge is 0.439 e. The highest BCUT2D eigenvalue weighted by Gasteiger charge is 2.10. The first-order valence-corrected chi connectivity index (χ1v) is 7.00. The van der Waals surface area contributed by atoms with Crippen molar-refractivity contribution in [3.05, 3.63) is 52.1 Å². The molecule has 0 aliphatic heterocycles. The molecule has 0 bridgehead atoms. The molecule has 0 fully saturated rings. The molecule has 0 spiro atoms. The molecule has 0 unspecified atom stereocenters. The van der Waals surface area contributed by atoms with Crippen LogP contribution in [0.4, 0.5) is 0 Å². The van der Waals surface area contributed by atoms with E-state index in [1.165, 1.54) is 6.20 Å². The number of halogens is 1. The SMILES string of the molecule is CC(C)c1cc(Br)ccc1Oc1ccc(C(N)=O)cn1. The minimum absolute atomic E-state index is 0.326. The fourth-order valence-electron chi connectivity index (χ4n) is 1.76. The molecular weight excluding hydrogens is 320 g/mol. The molecule has 1 heterocycles. The molecule has 0 aliphatic carbocycles. The van der Waals surface area contributed by atoms with Gasteiger partial charge < -0.3 is 10.5 Å². The standard InChI is InChI=1S/C15H15BrN2O2/c1-9(2)12-7-11(16)4-5-13(12)20-14-6-3-10(8-18-14)15(17)19/h3-9H,1-2H3,(H2,17,19). The number of amides is 1. The van der Waals surface area contributed by atoms with E-state index in [0.29, 0.717) is 17.4 Å². The van der Waals surface area contributed by atoms with E-state index in [9.17, 15) is 4.79 Å². The van der Waals surface area contributed by atoms with Crippen LogP contribution in [0.5, 0.6) is 11.6 Å². The zero-order valence-corrected chi connectivity index (χ0v) is 12.8. The van der Waals surface area contributed by atoms with E-state index in [1.807, 2.05) is 18.2 Å². The number of benzene rings is 1. The topological polar surface area (TPSA) is 65.2 Å². The number of carbonyl (C=O) groups is 1. The highest BCUT2D eigenvalue weighted by Crippen LogP contribution is 2.32. The van der Waals surface area contributed by atoms with Gasteiger partial charge in [0.25, 0.3) is 0 Å². The fraction of sp³-hybridized carbons (Fsp3) is 0.200. The van der Waals surface area contributed by atoms with Crippen molar-refractivity contribution in [3.63, 3.8) is 0 Å². The number of primary amides is 1. The number of nitrogens with two attached hydrogens (primary N) is 1. The van der Waals surface area contributed by atoms with Crippen molar-refractivity contribution in [1.82, 2.24) is 4.98 Å². The molecule has 0 atom stereocenters. The van der Waals surface area contributed by atoms with Gasteiger partial charge in [-0.1, -0.05) is 29.8 Å². The van der Waals surface area contributed by atoms with Crippen molar-refractivity contribution in [2.24, 2.45) is 5.73 Å². The van der Waals surface area contributed by atoms with Crippen LogP contribution in [0.1, 0.15) is 35.7 Å². The Bertz CT molecular complexity index is 624. The van der Waals surface area contributed by atoms with Crippen LogP contribution in [0, 0.1) is 0 Å². The number of carbonyl (C=O) groups excluding carboxylic acids is 1. The number of hydrogen-bond donors (Lipinski definition) is 1. The van der Waals surface area contributed by atoms with Crippen LogP contribution < -0.4 is 10.5 Å². The quantitative estimate of drug-likeness (QED) is 0.923. The normalized spacial score (nSPS) is 10.6. The Balaban J connectivity index is 2.27. The van der Waals surface area contributed by atoms with Gasteiger partial charge in [0.15, 0.2) is 0 Å². The lowest BCUT2D eigenvalue weighted by Gasteiger charge is -2.13. The maximum atomic E-state index is 11.0. The molecule has 4 nitrogen and oxygen atoms in total. The maximum absolute atomic E-state index is 11.0. The molecular formula is C15H15BrN2O2. The van der Waals surface area contributed by atoms with E-state index in [-0.39, 0.29) is 0 Å². The Hall–Kier alpha value is -1.88. The number of aromatic nitrogens is 1. The summed E-state index contributed by atoms with van der Waals surface area (Å²) < 4.78 is 6.78. The van der Waals surface area contributed by atoms with E-state index < -0.39 is 5.91 Å². The highest BCUT2D eigenvalue weighted by molar-refractivity contribution is 9.10.